The number of anilines is 1. The first kappa shape index (κ1) is 18.7. The van der Waals surface area contributed by atoms with E-state index in [4.69, 9.17) is 4.74 Å². The van der Waals surface area contributed by atoms with Gasteiger partial charge in [0.1, 0.15) is 0 Å². The standard InChI is InChI=1S/C16H24N2O5S/c1-2-3-8-17-15-7-6-13(10-14(15)16(19)20)24(21,22)18-11-12-5-4-9-23-12/h6-7,10,12,17-18H,2-5,8-9,11H2,1H3,(H,19,20)/t12-/m0/s1. The van der Waals surface area contributed by atoms with E-state index in [-0.39, 0.29) is 23.1 Å². The number of rotatable bonds is 9. The van der Waals surface area contributed by atoms with Gasteiger partial charge in [0.15, 0.2) is 0 Å². The van der Waals surface area contributed by atoms with Gasteiger partial charge in [-0.15, -0.1) is 0 Å². The van der Waals surface area contributed by atoms with Gasteiger partial charge in [0, 0.05) is 25.4 Å². The van der Waals surface area contributed by atoms with Crippen molar-refractivity contribution >= 4 is 21.7 Å². The maximum atomic E-state index is 12.4. The lowest BCUT2D eigenvalue weighted by Crippen LogP contribution is -2.32. The van der Waals surface area contributed by atoms with E-state index in [0.29, 0.717) is 18.8 Å². The molecule has 1 atom stereocenters. The highest BCUT2D eigenvalue weighted by atomic mass is 32.2. The van der Waals surface area contributed by atoms with E-state index >= 15 is 0 Å². The maximum Gasteiger partial charge on any atom is 0.337 e. The molecule has 0 amide bonds. The Hall–Kier alpha value is -1.64. The largest absolute Gasteiger partial charge is 0.478 e. The van der Waals surface area contributed by atoms with Crippen LogP contribution in [0.2, 0.25) is 0 Å². The van der Waals surface area contributed by atoms with Gasteiger partial charge in [0.2, 0.25) is 10.0 Å². The molecule has 7 nitrogen and oxygen atoms in total. The van der Waals surface area contributed by atoms with E-state index in [0.717, 1.165) is 25.7 Å². The first-order valence-electron chi connectivity index (χ1n) is 8.16. The fourth-order valence-corrected chi connectivity index (χ4v) is 3.60. The first-order chi connectivity index (χ1) is 11.4. The second kappa shape index (κ2) is 8.46. The minimum absolute atomic E-state index is 0.0499. The van der Waals surface area contributed by atoms with E-state index in [1.165, 1.54) is 18.2 Å². The molecular weight excluding hydrogens is 332 g/mol. The number of ether oxygens (including phenoxy) is 1. The Morgan fingerprint density at radius 1 is 1.42 bits per heavy atom. The maximum absolute atomic E-state index is 12.4. The average Bonchev–Trinajstić information content (AvgIpc) is 3.07. The summed E-state index contributed by atoms with van der Waals surface area (Å²) in [4.78, 5) is 11.4. The molecule has 1 aromatic rings. The van der Waals surface area contributed by atoms with E-state index in [1.807, 2.05) is 6.92 Å². The third-order valence-corrected chi connectivity index (χ3v) is 5.32. The smallest absolute Gasteiger partial charge is 0.337 e. The second-order valence-electron chi connectivity index (χ2n) is 5.78. The molecule has 0 aromatic heterocycles. The van der Waals surface area contributed by atoms with E-state index in [1.54, 1.807) is 0 Å². The Morgan fingerprint density at radius 2 is 2.21 bits per heavy atom. The summed E-state index contributed by atoms with van der Waals surface area (Å²) in [5, 5.41) is 12.4. The van der Waals surface area contributed by atoms with Crippen LogP contribution in [-0.2, 0) is 14.8 Å². The van der Waals surface area contributed by atoms with Gasteiger partial charge in [-0.1, -0.05) is 13.3 Å². The van der Waals surface area contributed by atoms with Crippen LogP contribution in [-0.4, -0.2) is 45.3 Å². The lowest BCUT2D eigenvalue weighted by atomic mass is 10.1. The number of nitrogens with one attached hydrogen (secondary N) is 2. The number of carboxylic acid groups (broad SMARTS) is 1. The van der Waals surface area contributed by atoms with Crippen LogP contribution in [0.4, 0.5) is 5.69 Å². The molecule has 1 aromatic carbocycles. The predicted octanol–water partition coefficient (Wildman–Crippen LogP) is 2.05. The zero-order valence-electron chi connectivity index (χ0n) is 13.7. The van der Waals surface area contributed by atoms with Crippen LogP contribution >= 0.6 is 0 Å². The van der Waals surface area contributed by atoms with Gasteiger partial charge in [-0.2, -0.15) is 0 Å². The molecule has 0 bridgehead atoms. The molecule has 24 heavy (non-hydrogen) atoms. The van der Waals surface area contributed by atoms with E-state index < -0.39 is 16.0 Å². The number of unbranched alkanes of at least 4 members (excludes halogenated alkanes) is 1. The van der Waals surface area contributed by atoms with Crippen LogP contribution in [0.25, 0.3) is 0 Å². The van der Waals surface area contributed by atoms with Gasteiger partial charge in [-0.05, 0) is 37.5 Å². The third kappa shape index (κ3) is 4.93. The lowest BCUT2D eigenvalue weighted by molar-refractivity contribution is 0.0697. The Balaban J connectivity index is 2.13. The van der Waals surface area contributed by atoms with Crippen molar-refractivity contribution in [2.45, 2.75) is 43.6 Å². The third-order valence-electron chi connectivity index (χ3n) is 3.90. The predicted molar refractivity (Wildman–Crippen MR) is 91.0 cm³/mol. The van der Waals surface area contributed by atoms with Crippen LogP contribution in [0, 0.1) is 0 Å². The van der Waals surface area contributed by atoms with E-state index in [9.17, 15) is 18.3 Å². The van der Waals surface area contributed by atoms with Crippen LogP contribution in [0.3, 0.4) is 0 Å². The summed E-state index contributed by atoms with van der Waals surface area (Å²) >= 11 is 0. The minimum atomic E-state index is -3.77. The molecule has 8 heteroatoms. The topological polar surface area (TPSA) is 105 Å². The monoisotopic (exact) mass is 356 g/mol. The van der Waals surface area contributed by atoms with Crippen molar-refractivity contribution in [2.24, 2.45) is 0 Å². The molecule has 1 heterocycles. The SMILES string of the molecule is CCCCNc1ccc(S(=O)(=O)NC[C@@H]2CCCO2)cc1C(=O)O. The number of benzene rings is 1. The number of aromatic carboxylic acids is 1. The van der Waals surface area contributed by atoms with Crippen LogP contribution in [0.15, 0.2) is 23.1 Å². The number of carbonyl (C=O) groups is 1. The number of hydrogen-bond acceptors (Lipinski definition) is 5. The Kier molecular flexibility index (Phi) is 6.59. The molecule has 1 fully saturated rings. The summed E-state index contributed by atoms with van der Waals surface area (Å²) in [6, 6.07) is 4.10. The Labute approximate surface area is 142 Å². The van der Waals surface area contributed by atoms with Gasteiger partial charge in [-0.3, -0.25) is 0 Å². The van der Waals surface area contributed by atoms with Crippen molar-refractivity contribution in [3.63, 3.8) is 0 Å². The van der Waals surface area contributed by atoms with Gasteiger partial charge >= 0.3 is 5.97 Å². The normalized spacial score (nSPS) is 17.8. The molecule has 134 valence electrons. The summed E-state index contributed by atoms with van der Waals surface area (Å²) in [6.45, 7) is 3.52. The van der Waals surface area contributed by atoms with Crippen molar-refractivity contribution in [3.8, 4) is 0 Å². The zero-order chi connectivity index (χ0) is 17.6. The molecule has 0 spiro atoms. The molecule has 3 N–H and O–H groups in total. The van der Waals surface area contributed by atoms with Gasteiger partial charge in [-0.25, -0.2) is 17.9 Å². The van der Waals surface area contributed by atoms with Crippen molar-refractivity contribution in [2.75, 3.05) is 25.0 Å². The second-order valence-corrected chi connectivity index (χ2v) is 7.55. The van der Waals surface area contributed by atoms with Crippen LogP contribution < -0.4 is 10.0 Å². The molecule has 1 aliphatic heterocycles. The van der Waals surface area contributed by atoms with Crippen LogP contribution in [0.1, 0.15) is 43.0 Å². The van der Waals surface area contributed by atoms with Gasteiger partial charge in [0.05, 0.1) is 16.6 Å². The molecule has 0 saturated carbocycles. The van der Waals surface area contributed by atoms with Crippen molar-refractivity contribution in [1.29, 1.82) is 0 Å². The van der Waals surface area contributed by atoms with Gasteiger partial charge < -0.3 is 15.2 Å². The van der Waals surface area contributed by atoms with Crippen molar-refractivity contribution < 1.29 is 23.1 Å². The van der Waals surface area contributed by atoms with Crippen LogP contribution in [0.5, 0.6) is 0 Å². The van der Waals surface area contributed by atoms with Crippen molar-refractivity contribution in [3.05, 3.63) is 23.8 Å². The fraction of sp³-hybridized carbons (Fsp3) is 0.562. The Bertz CT molecular complexity index is 669. The van der Waals surface area contributed by atoms with E-state index in [2.05, 4.69) is 10.0 Å². The number of hydrogen-bond donors (Lipinski definition) is 3. The summed E-state index contributed by atoms with van der Waals surface area (Å²) in [6.07, 6.45) is 3.52. The zero-order valence-corrected chi connectivity index (χ0v) is 14.6. The summed E-state index contributed by atoms with van der Waals surface area (Å²) < 4.78 is 32.6. The minimum Gasteiger partial charge on any atom is -0.478 e. The molecule has 2 rings (SSSR count). The number of sulfonamides is 1. The average molecular weight is 356 g/mol. The quantitative estimate of drug-likeness (QED) is 0.585. The highest BCUT2D eigenvalue weighted by molar-refractivity contribution is 7.89. The first-order valence-corrected chi connectivity index (χ1v) is 9.65. The summed E-state index contributed by atoms with van der Waals surface area (Å²) in [5.41, 5.74) is 0.375. The molecule has 1 aliphatic rings. The van der Waals surface area contributed by atoms with Crippen molar-refractivity contribution in [1.82, 2.24) is 4.72 Å². The molecular formula is C16H24N2O5S. The fourth-order valence-electron chi connectivity index (χ4n) is 2.51. The number of carboxylic acids is 1. The highest BCUT2D eigenvalue weighted by Gasteiger charge is 2.22. The highest BCUT2D eigenvalue weighted by Crippen LogP contribution is 2.21. The molecule has 0 radical (unpaired) electrons. The van der Waals surface area contributed by atoms with Gasteiger partial charge in [0.25, 0.3) is 0 Å². The molecule has 0 aliphatic carbocycles. The Morgan fingerprint density at radius 3 is 2.83 bits per heavy atom. The summed E-state index contributed by atoms with van der Waals surface area (Å²) in [5.74, 6) is -1.16. The lowest BCUT2D eigenvalue weighted by Gasteiger charge is -2.14. The molecule has 1 saturated heterocycles. The summed E-state index contributed by atoms with van der Waals surface area (Å²) in [7, 11) is -3.77. The molecule has 0 unspecified atom stereocenters.